The van der Waals surface area contributed by atoms with Gasteiger partial charge in [0, 0.05) is 13.0 Å². The predicted molar refractivity (Wildman–Crippen MR) is 101 cm³/mol. The molecule has 6 nitrogen and oxygen atoms in total. The Balaban J connectivity index is -0.00000288. The topological polar surface area (TPSA) is 85.2 Å². The van der Waals surface area contributed by atoms with Crippen molar-refractivity contribution in [3.63, 3.8) is 0 Å². The molecular weight excluding hydrogens is 366 g/mol. The third-order valence-electron chi connectivity index (χ3n) is 4.09. The Labute approximate surface area is 183 Å². The predicted octanol–water partition coefficient (Wildman–Crippen LogP) is 2.99. The first-order valence-electron chi connectivity index (χ1n) is 10.0. The van der Waals surface area contributed by atoms with Gasteiger partial charge in [0.2, 0.25) is 0 Å². The quantitative estimate of drug-likeness (QED) is 0.0857. The maximum Gasteiger partial charge on any atom is 1.00 e. The van der Waals surface area contributed by atoms with E-state index in [-0.39, 0.29) is 31.0 Å². The van der Waals surface area contributed by atoms with Crippen molar-refractivity contribution in [1.82, 2.24) is 0 Å². The van der Waals surface area contributed by atoms with E-state index in [0.717, 1.165) is 38.5 Å². The second-order valence-corrected chi connectivity index (χ2v) is 7.77. The van der Waals surface area contributed by atoms with Gasteiger partial charge in [-0.05, 0) is 12.8 Å². The molecule has 0 aromatic carbocycles. The number of phosphoric acid groups is 1. The van der Waals surface area contributed by atoms with Crippen molar-refractivity contribution in [3.05, 3.63) is 0 Å². The molecule has 154 valence electrons. The minimum absolute atomic E-state index is 0. The van der Waals surface area contributed by atoms with E-state index in [0.29, 0.717) is 13.0 Å². The van der Waals surface area contributed by atoms with Gasteiger partial charge in [-0.3, -0.25) is 0 Å². The van der Waals surface area contributed by atoms with Gasteiger partial charge in [-0.15, -0.1) is 4.67 Å². The summed E-state index contributed by atoms with van der Waals surface area (Å²) in [7, 11) is -4.63. The van der Waals surface area contributed by atoms with Gasteiger partial charge in [-0.2, -0.15) is 4.89 Å². The molecule has 0 amide bonds. The van der Waals surface area contributed by atoms with E-state index in [9.17, 15) is 4.57 Å². The average Bonchev–Trinajstić information content (AvgIpc) is 2.56. The Morgan fingerprint density at radius 1 is 0.808 bits per heavy atom. The van der Waals surface area contributed by atoms with Crippen molar-refractivity contribution >= 4 is 7.82 Å². The molecule has 0 aliphatic rings. The summed E-state index contributed by atoms with van der Waals surface area (Å²) in [6.45, 7) is 4.89. The summed E-state index contributed by atoms with van der Waals surface area (Å²) in [5.41, 5.74) is 0. The molecule has 0 spiro atoms. The Morgan fingerprint density at radius 2 is 1.27 bits per heavy atom. The zero-order valence-electron chi connectivity index (χ0n) is 18.2. The van der Waals surface area contributed by atoms with Crippen LogP contribution in [0, 0.1) is 0 Å². The van der Waals surface area contributed by atoms with Crippen LogP contribution >= 0.6 is 7.82 Å². The summed E-state index contributed by atoms with van der Waals surface area (Å²) in [6, 6.07) is 0. The maximum absolute atomic E-state index is 10.8. The molecule has 8 heteroatoms. The number of rotatable bonds is 19. The minimum atomic E-state index is -4.63. The fraction of sp³-hybridized carbons (Fsp3) is 1.00. The van der Waals surface area contributed by atoms with Crippen LogP contribution in [0.15, 0.2) is 0 Å². The van der Waals surface area contributed by atoms with Gasteiger partial charge in [0.25, 0.3) is 0 Å². The van der Waals surface area contributed by atoms with E-state index >= 15 is 0 Å². The summed E-state index contributed by atoms with van der Waals surface area (Å²) >= 11 is 0. The Morgan fingerprint density at radius 3 is 1.77 bits per heavy atom. The van der Waals surface area contributed by atoms with Crippen LogP contribution in [0.5, 0.6) is 0 Å². The van der Waals surface area contributed by atoms with E-state index < -0.39 is 14.1 Å². The van der Waals surface area contributed by atoms with E-state index in [1.165, 1.54) is 44.9 Å². The van der Waals surface area contributed by atoms with Gasteiger partial charge in [-0.1, -0.05) is 84.5 Å². The zero-order chi connectivity index (χ0) is 18.8. The normalized spacial score (nSPS) is 12.8. The standard InChI is InChI=1S/C18H39O6P.Na.H/c1-3-5-7-9-10-11-12-13-14-16-18(23-24-25(19,20)21)22-17-15-8-6-4-2;;/h18H,3-17H2,1-2H3,(H2,19,20,21);;/q;+1;-1. The smallest absolute Gasteiger partial charge is 1.00 e. The number of ether oxygens (including phenoxy) is 1. The third-order valence-corrected chi connectivity index (χ3v) is 4.37. The summed E-state index contributed by atoms with van der Waals surface area (Å²) < 4.78 is 20.5. The molecule has 0 rings (SSSR count). The molecule has 2 N–H and O–H groups in total. The van der Waals surface area contributed by atoms with E-state index in [4.69, 9.17) is 19.4 Å². The summed E-state index contributed by atoms with van der Waals surface area (Å²) in [6.07, 6.45) is 15.1. The first-order chi connectivity index (χ1) is 12.0. The SMILES string of the molecule is CCCCCCCCCCCC(OCCCCCC)OOP(=O)(O)O.[H-].[Na+]. The van der Waals surface area contributed by atoms with Crippen LogP contribution in [0.4, 0.5) is 0 Å². The number of hydrogen-bond donors (Lipinski definition) is 2. The fourth-order valence-corrected chi connectivity index (χ4v) is 2.84. The molecule has 0 aliphatic heterocycles. The molecule has 1 unspecified atom stereocenters. The minimum Gasteiger partial charge on any atom is -1.00 e. The average molecular weight is 406 g/mol. The second-order valence-electron chi connectivity index (χ2n) is 6.64. The first-order valence-corrected chi connectivity index (χ1v) is 11.5. The summed E-state index contributed by atoms with van der Waals surface area (Å²) in [5, 5.41) is 0. The second kappa shape index (κ2) is 20.8. The van der Waals surface area contributed by atoms with Crippen LogP contribution in [-0.4, -0.2) is 22.7 Å². The van der Waals surface area contributed by atoms with Crippen molar-refractivity contribution in [3.8, 4) is 0 Å². The summed E-state index contributed by atoms with van der Waals surface area (Å²) in [4.78, 5) is 22.3. The Bertz CT molecular complexity index is 333. The molecule has 0 saturated carbocycles. The van der Waals surface area contributed by atoms with Crippen LogP contribution in [0.1, 0.15) is 105 Å². The van der Waals surface area contributed by atoms with Crippen molar-refractivity contribution in [1.29, 1.82) is 0 Å². The molecule has 0 aliphatic carbocycles. The number of hydrogen-bond acceptors (Lipinski definition) is 4. The van der Waals surface area contributed by atoms with Crippen molar-refractivity contribution < 1.29 is 59.6 Å². The van der Waals surface area contributed by atoms with Crippen LogP contribution < -0.4 is 29.6 Å². The molecule has 0 heterocycles. The largest absolute Gasteiger partial charge is 1.00 e. The van der Waals surface area contributed by atoms with Gasteiger partial charge in [0.15, 0.2) is 6.29 Å². The van der Waals surface area contributed by atoms with Crippen molar-refractivity contribution in [2.75, 3.05) is 6.61 Å². The van der Waals surface area contributed by atoms with Crippen LogP contribution in [-0.2, 0) is 18.9 Å². The van der Waals surface area contributed by atoms with Gasteiger partial charge < -0.3 is 16.0 Å². The third kappa shape index (κ3) is 23.1. The van der Waals surface area contributed by atoms with Crippen molar-refractivity contribution in [2.45, 2.75) is 110 Å². The molecule has 0 bridgehead atoms. The first kappa shape index (κ1) is 29.2. The van der Waals surface area contributed by atoms with Gasteiger partial charge in [0.05, 0.1) is 0 Å². The van der Waals surface area contributed by atoms with E-state index in [1.54, 1.807) is 0 Å². The summed E-state index contributed by atoms with van der Waals surface area (Å²) in [5.74, 6) is 0. The molecular formula is C18H40NaO6P. The Hall–Kier alpha value is 1.03. The molecule has 0 saturated heterocycles. The molecule has 1 atom stereocenters. The van der Waals surface area contributed by atoms with E-state index in [1.807, 2.05) is 0 Å². The van der Waals surface area contributed by atoms with Gasteiger partial charge in [0.1, 0.15) is 0 Å². The maximum atomic E-state index is 10.8. The van der Waals surface area contributed by atoms with Crippen LogP contribution in [0.2, 0.25) is 0 Å². The Kier molecular flexibility index (Phi) is 23.3. The van der Waals surface area contributed by atoms with Crippen LogP contribution in [0.3, 0.4) is 0 Å². The molecule has 0 fully saturated rings. The van der Waals surface area contributed by atoms with Gasteiger partial charge >= 0.3 is 37.4 Å². The fourth-order valence-electron chi connectivity index (χ4n) is 2.63. The molecule has 26 heavy (non-hydrogen) atoms. The zero-order valence-corrected chi connectivity index (χ0v) is 20.1. The van der Waals surface area contributed by atoms with Crippen LogP contribution in [0.25, 0.3) is 0 Å². The van der Waals surface area contributed by atoms with Crippen molar-refractivity contribution in [2.24, 2.45) is 0 Å². The number of unbranched alkanes of at least 4 members (excludes halogenated alkanes) is 11. The molecule has 0 aromatic rings. The van der Waals surface area contributed by atoms with Gasteiger partial charge in [-0.25, -0.2) is 4.57 Å². The monoisotopic (exact) mass is 406 g/mol. The van der Waals surface area contributed by atoms with E-state index in [2.05, 4.69) is 18.5 Å². The molecule has 0 radical (unpaired) electrons. The molecule has 0 aromatic heterocycles.